The molecular weight excluding hydrogens is 798 g/mol. The number of benzene rings is 4. The molecule has 2 heterocycles. The van der Waals surface area contributed by atoms with Gasteiger partial charge in [-0.1, -0.05) is 66.7 Å². The van der Waals surface area contributed by atoms with Gasteiger partial charge < -0.3 is 29.7 Å². The molecule has 0 bridgehead atoms. The fourth-order valence-electron chi connectivity index (χ4n) is 7.29. The third-order valence-corrected chi connectivity index (χ3v) is 10.8. The Morgan fingerprint density at radius 1 is 0.871 bits per heavy atom. The number of anilines is 2. The van der Waals surface area contributed by atoms with Gasteiger partial charge in [0.05, 0.1) is 5.69 Å². The molecule has 3 atom stereocenters. The average Bonchev–Trinajstić information content (AvgIpc) is 3.65. The summed E-state index contributed by atoms with van der Waals surface area (Å²) in [6.45, 7) is 7.56. The number of nitrogens with zero attached hydrogens (tertiary/aromatic N) is 2. The first-order valence-electron chi connectivity index (χ1n) is 20.5. The Kier molecular flexibility index (Phi) is 14.4. The highest BCUT2D eigenvalue weighted by Gasteiger charge is 2.44. The van der Waals surface area contributed by atoms with Crippen LogP contribution in [-0.4, -0.2) is 83.4 Å². The molecule has 0 radical (unpaired) electrons. The van der Waals surface area contributed by atoms with Crippen LogP contribution in [0, 0.1) is 11.7 Å². The van der Waals surface area contributed by atoms with Gasteiger partial charge in [0.2, 0.25) is 11.8 Å². The Hall–Kier alpha value is -6.61. The van der Waals surface area contributed by atoms with E-state index in [0.29, 0.717) is 48.4 Å². The van der Waals surface area contributed by atoms with Gasteiger partial charge in [0.15, 0.2) is 5.78 Å². The van der Waals surface area contributed by atoms with Crippen molar-refractivity contribution in [2.45, 2.75) is 83.8 Å². The van der Waals surface area contributed by atoms with Crippen molar-refractivity contribution in [3.63, 3.8) is 0 Å². The van der Waals surface area contributed by atoms with E-state index in [1.807, 2.05) is 30.3 Å². The van der Waals surface area contributed by atoms with Gasteiger partial charge in [0.1, 0.15) is 36.2 Å². The maximum atomic E-state index is 15.4. The molecule has 0 aliphatic carbocycles. The minimum atomic E-state index is -1.21. The zero-order valence-corrected chi connectivity index (χ0v) is 35.4. The summed E-state index contributed by atoms with van der Waals surface area (Å²) in [6.07, 6.45) is -0.473. The number of ketones is 1. The number of rotatable bonds is 13. The van der Waals surface area contributed by atoms with Crippen LogP contribution >= 0.6 is 0 Å². The molecular formula is C47H52FN5O9. The molecule has 6 rings (SSSR count). The molecule has 3 N–H and O–H groups in total. The van der Waals surface area contributed by atoms with Crippen LogP contribution in [0.2, 0.25) is 0 Å². The highest BCUT2D eigenvalue weighted by molar-refractivity contribution is 6.03. The maximum Gasteiger partial charge on any atom is 0.411 e. The number of Topliss-reactive ketones (excluding diaryl/α,β-unsaturated/α-hetero) is 1. The molecule has 0 spiro atoms. The van der Waals surface area contributed by atoms with E-state index in [9.17, 15) is 28.8 Å². The lowest BCUT2D eigenvalue weighted by Crippen LogP contribution is -2.57. The lowest BCUT2D eigenvalue weighted by Gasteiger charge is -2.36. The molecule has 2 aliphatic rings. The van der Waals surface area contributed by atoms with E-state index >= 15 is 4.39 Å². The van der Waals surface area contributed by atoms with Crippen LogP contribution in [0.3, 0.4) is 0 Å². The third-order valence-electron chi connectivity index (χ3n) is 10.8. The zero-order valence-electron chi connectivity index (χ0n) is 35.4. The number of hydrogen-bond donors (Lipinski definition) is 3. The standard InChI is InChI=1S/C47H52FN5O9/c1-29(52(5)46(59)62-47(2,3)4)42(55)51-40(32-21-23-60-24-22-32)44(57)53-27-34-13-9-10-14-36(34)41(53)43(56)50-38-26-33(17-20-37(38)48)39(54)25-30-15-18-35(19-16-30)49-45(58)61-28-31-11-7-6-8-12-31/h6-20,26,29,32,40-41H,21-25,27-28H2,1-5H3,(H,49,58)(H,50,56)(H,51,55)/t29-,40-,41-/m0/s1. The van der Waals surface area contributed by atoms with Crippen LogP contribution in [-0.2, 0) is 48.2 Å². The highest BCUT2D eigenvalue weighted by Crippen LogP contribution is 2.37. The SMILES string of the molecule is C[C@@H](C(=O)N[C@H](C(=O)N1Cc2ccccc2[C@H]1C(=O)Nc1cc(C(=O)Cc2ccc(NC(=O)OCc3ccccc3)cc2)ccc1F)C1CCOCC1)N(C)C(=O)OC(C)(C)C. The van der Waals surface area contributed by atoms with Gasteiger partial charge in [-0.3, -0.25) is 29.4 Å². The number of hydrogen-bond acceptors (Lipinski definition) is 9. The third kappa shape index (κ3) is 11.4. The molecule has 5 amide bonds. The molecule has 4 aromatic carbocycles. The summed E-state index contributed by atoms with van der Waals surface area (Å²) in [5, 5.41) is 8.16. The van der Waals surface area contributed by atoms with Crippen LogP contribution in [0.5, 0.6) is 0 Å². The number of carbonyl (C=O) groups is 6. The van der Waals surface area contributed by atoms with Gasteiger partial charge in [-0.25, -0.2) is 14.0 Å². The van der Waals surface area contributed by atoms with Crippen molar-refractivity contribution in [3.05, 3.63) is 131 Å². The number of ether oxygens (including phenoxy) is 3. The van der Waals surface area contributed by atoms with E-state index in [1.165, 1.54) is 31.0 Å². The van der Waals surface area contributed by atoms with Gasteiger partial charge in [-0.2, -0.15) is 0 Å². The molecule has 2 aliphatic heterocycles. The van der Waals surface area contributed by atoms with Crippen LogP contribution in [0.25, 0.3) is 0 Å². The van der Waals surface area contributed by atoms with E-state index in [0.717, 1.165) is 16.5 Å². The molecule has 4 aromatic rings. The lowest BCUT2D eigenvalue weighted by molar-refractivity contribution is -0.144. The monoisotopic (exact) mass is 849 g/mol. The van der Waals surface area contributed by atoms with Gasteiger partial charge >= 0.3 is 12.2 Å². The van der Waals surface area contributed by atoms with E-state index in [4.69, 9.17) is 14.2 Å². The minimum absolute atomic E-state index is 0.0419. The summed E-state index contributed by atoms with van der Waals surface area (Å²) in [4.78, 5) is 83.8. The number of carbonyl (C=O) groups excluding carboxylic acids is 6. The maximum absolute atomic E-state index is 15.4. The Morgan fingerprint density at radius 2 is 1.55 bits per heavy atom. The molecule has 0 aromatic heterocycles. The van der Waals surface area contributed by atoms with Gasteiger partial charge in [0.25, 0.3) is 5.91 Å². The predicted molar refractivity (Wildman–Crippen MR) is 228 cm³/mol. The van der Waals surface area contributed by atoms with Crippen molar-refractivity contribution in [1.29, 1.82) is 0 Å². The smallest absolute Gasteiger partial charge is 0.411 e. The zero-order chi connectivity index (χ0) is 44.6. The van der Waals surface area contributed by atoms with Crippen molar-refractivity contribution >= 4 is 47.1 Å². The van der Waals surface area contributed by atoms with Crippen molar-refractivity contribution in [3.8, 4) is 0 Å². The van der Waals surface area contributed by atoms with Crippen molar-refractivity contribution in [2.75, 3.05) is 30.9 Å². The van der Waals surface area contributed by atoms with Crippen LogP contribution < -0.4 is 16.0 Å². The topological polar surface area (TPSA) is 173 Å². The second-order valence-electron chi connectivity index (χ2n) is 16.4. The largest absolute Gasteiger partial charge is 0.444 e. The summed E-state index contributed by atoms with van der Waals surface area (Å²) in [6, 6.07) is 23.3. The molecule has 1 fully saturated rings. The fraction of sp³-hybridized carbons (Fsp3) is 0.362. The number of likely N-dealkylation sites (N-methyl/N-ethyl adjacent to an activating group) is 1. The van der Waals surface area contributed by atoms with Gasteiger partial charge in [-0.05, 0) is 99.0 Å². The molecule has 0 unspecified atom stereocenters. The van der Waals surface area contributed by atoms with E-state index < -0.39 is 59.5 Å². The van der Waals surface area contributed by atoms with E-state index in [-0.39, 0.29) is 42.5 Å². The number of amides is 5. The molecule has 326 valence electrons. The Labute approximate surface area is 360 Å². The summed E-state index contributed by atoms with van der Waals surface area (Å²) in [5.41, 5.74) is 2.26. The first kappa shape index (κ1) is 44.9. The van der Waals surface area contributed by atoms with Crippen molar-refractivity contribution in [1.82, 2.24) is 15.1 Å². The van der Waals surface area contributed by atoms with E-state index in [2.05, 4.69) is 16.0 Å². The van der Waals surface area contributed by atoms with Crippen LogP contribution in [0.1, 0.15) is 79.2 Å². The second kappa shape index (κ2) is 19.8. The first-order chi connectivity index (χ1) is 29.6. The molecule has 1 saturated heterocycles. The average molecular weight is 850 g/mol. The first-order valence-corrected chi connectivity index (χ1v) is 20.5. The molecule has 0 saturated carbocycles. The molecule has 62 heavy (non-hydrogen) atoms. The minimum Gasteiger partial charge on any atom is -0.444 e. The Bertz CT molecular complexity index is 2280. The van der Waals surface area contributed by atoms with Gasteiger partial charge in [0, 0.05) is 44.5 Å². The Morgan fingerprint density at radius 3 is 2.24 bits per heavy atom. The predicted octanol–water partition coefficient (Wildman–Crippen LogP) is 7.19. The lowest BCUT2D eigenvalue weighted by atomic mass is 9.90. The number of halogens is 1. The van der Waals surface area contributed by atoms with Crippen molar-refractivity contribution < 1.29 is 47.4 Å². The number of fused-ring (bicyclic) bond motifs is 1. The number of nitrogens with one attached hydrogen (secondary N) is 3. The quantitative estimate of drug-likeness (QED) is 0.118. The highest BCUT2D eigenvalue weighted by atomic mass is 19.1. The van der Waals surface area contributed by atoms with Crippen molar-refractivity contribution in [2.24, 2.45) is 5.92 Å². The summed E-state index contributed by atoms with van der Waals surface area (Å²) >= 11 is 0. The fourth-order valence-corrected chi connectivity index (χ4v) is 7.29. The van der Waals surface area contributed by atoms with Crippen LogP contribution in [0.4, 0.5) is 25.4 Å². The summed E-state index contributed by atoms with van der Waals surface area (Å²) in [5.74, 6) is -3.31. The molecule has 15 heteroatoms. The van der Waals surface area contributed by atoms with Crippen LogP contribution in [0.15, 0.2) is 97.1 Å². The second-order valence-corrected chi connectivity index (χ2v) is 16.4. The molecule has 14 nitrogen and oxygen atoms in total. The summed E-state index contributed by atoms with van der Waals surface area (Å²) < 4.78 is 31.7. The Balaban J connectivity index is 1.15. The van der Waals surface area contributed by atoms with Gasteiger partial charge in [-0.15, -0.1) is 0 Å². The normalized spacial score (nSPS) is 16.0. The summed E-state index contributed by atoms with van der Waals surface area (Å²) in [7, 11) is 1.44. The van der Waals surface area contributed by atoms with E-state index in [1.54, 1.807) is 69.3 Å².